The van der Waals surface area contributed by atoms with Crippen molar-refractivity contribution in [1.82, 2.24) is 19.7 Å². The van der Waals surface area contributed by atoms with Crippen LogP contribution in [-0.2, 0) is 0 Å². The van der Waals surface area contributed by atoms with Crippen molar-refractivity contribution < 1.29 is 9.50 Å². The lowest BCUT2D eigenvalue weighted by molar-refractivity contribution is 0.311. The maximum atomic E-state index is 13.9. The lowest BCUT2D eigenvalue weighted by Crippen LogP contribution is -2.08. The monoisotopic (exact) mass is 307 g/mol. The van der Waals surface area contributed by atoms with Gasteiger partial charge in [-0.05, 0) is 23.7 Å². The summed E-state index contributed by atoms with van der Waals surface area (Å²) >= 11 is 5.90. The number of nitrogens with zero attached hydrogens (tertiary/aromatic N) is 4. The van der Waals surface area contributed by atoms with Gasteiger partial charge in [-0.1, -0.05) is 12.1 Å². The van der Waals surface area contributed by atoms with Gasteiger partial charge < -0.3 is 10.4 Å². The highest BCUT2D eigenvalue weighted by Gasteiger charge is 2.15. The van der Waals surface area contributed by atoms with E-state index >= 15 is 0 Å². The summed E-state index contributed by atoms with van der Waals surface area (Å²) in [5.74, 6) is 0.0312. The van der Waals surface area contributed by atoms with E-state index in [2.05, 4.69) is 20.4 Å². The highest BCUT2D eigenvalue weighted by Crippen LogP contribution is 2.24. The second-order valence-corrected chi connectivity index (χ2v) is 4.57. The third-order valence-corrected chi connectivity index (χ3v) is 3.06. The van der Waals surface area contributed by atoms with Gasteiger partial charge in [0.25, 0.3) is 0 Å². The number of aliphatic hydroxyl groups excluding tert-OH is 1. The van der Waals surface area contributed by atoms with Gasteiger partial charge in [0.1, 0.15) is 17.3 Å². The largest absolute Gasteiger partial charge is 0.395 e. The molecule has 3 rings (SSSR count). The van der Waals surface area contributed by atoms with Crippen molar-refractivity contribution in [3.05, 3.63) is 41.6 Å². The Labute approximate surface area is 124 Å². The van der Waals surface area contributed by atoms with Crippen LogP contribution in [-0.4, -0.2) is 38.0 Å². The Morgan fingerprint density at radius 1 is 1.29 bits per heavy atom. The zero-order valence-electron chi connectivity index (χ0n) is 10.8. The number of fused-ring (bicyclic) bond motifs is 1. The molecule has 1 aromatic carbocycles. The fourth-order valence-corrected chi connectivity index (χ4v) is 2.15. The van der Waals surface area contributed by atoms with Crippen molar-refractivity contribution >= 4 is 28.5 Å². The van der Waals surface area contributed by atoms with E-state index in [0.717, 1.165) is 0 Å². The molecule has 0 amide bonds. The minimum atomic E-state index is -0.415. The molecule has 0 saturated carbocycles. The van der Waals surface area contributed by atoms with Gasteiger partial charge >= 0.3 is 0 Å². The lowest BCUT2D eigenvalue weighted by atomic mass is 10.3. The van der Waals surface area contributed by atoms with Crippen LogP contribution in [0, 0.1) is 5.82 Å². The van der Waals surface area contributed by atoms with Crippen LogP contribution in [0.25, 0.3) is 16.7 Å². The minimum Gasteiger partial charge on any atom is -0.395 e. The highest BCUT2D eigenvalue weighted by molar-refractivity contribution is 6.28. The summed E-state index contributed by atoms with van der Waals surface area (Å²) in [6, 6.07) is 6.25. The first-order valence-electron chi connectivity index (χ1n) is 6.21. The van der Waals surface area contributed by atoms with E-state index in [9.17, 15) is 4.39 Å². The molecule has 0 spiro atoms. The molecular weight excluding hydrogens is 297 g/mol. The zero-order chi connectivity index (χ0) is 14.8. The van der Waals surface area contributed by atoms with E-state index < -0.39 is 5.82 Å². The third kappa shape index (κ3) is 2.53. The maximum absolute atomic E-state index is 13.9. The van der Waals surface area contributed by atoms with Gasteiger partial charge in [-0.3, -0.25) is 0 Å². The molecule has 21 heavy (non-hydrogen) atoms. The molecule has 0 saturated heterocycles. The minimum absolute atomic E-state index is 0.0148. The van der Waals surface area contributed by atoms with Gasteiger partial charge in [0.2, 0.25) is 5.28 Å². The Kier molecular flexibility index (Phi) is 3.68. The maximum Gasteiger partial charge on any atom is 0.226 e. The van der Waals surface area contributed by atoms with E-state index in [4.69, 9.17) is 16.7 Å². The molecule has 2 N–H and O–H groups in total. The van der Waals surface area contributed by atoms with E-state index in [-0.39, 0.29) is 17.6 Å². The van der Waals surface area contributed by atoms with Gasteiger partial charge in [0.15, 0.2) is 5.65 Å². The smallest absolute Gasteiger partial charge is 0.226 e. The van der Waals surface area contributed by atoms with Crippen molar-refractivity contribution in [3.63, 3.8) is 0 Å². The summed E-state index contributed by atoms with van der Waals surface area (Å²) in [4.78, 5) is 8.16. The first-order valence-corrected chi connectivity index (χ1v) is 6.59. The number of aliphatic hydroxyl groups is 1. The molecule has 0 unspecified atom stereocenters. The SMILES string of the molecule is OCCNc1nc(Cl)nc2c1cnn2-c1ccccc1F. The second kappa shape index (κ2) is 5.63. The topological polar surface area (TPSA) is 75.9 Å². The summed E-state index contributed by atoms with van der Waals surface area (Å²) in [6.45, 7) is 0.262. The number of rotatable bonds is 4. The third-order valence-electron chi connectivity index (χ3n) is 2.89. The van der Waals surface area contributed by atoms with Crippen molar-refractivity contribution in [2.45, 2.75) is 0 Å². The van der Waals surface area contributed by atoms with Crippen molar-refractivity contribution in [2.24, 2.45) is 0 Å². The molecule has 0 aliphatic heterocycles. The normalized spacial score (nSPS) is 11.0. The first kappa shape index (κ1) is 13.7. The van der Waals surface area contributed by atoms with Crippen LogP contribution in [0.3, 0.4) is 0 Å². The molecule has 2 aromatic heterocycles. The molecule has 0 bridgehead atoms. The second-order valence-electron chi connectivity index (χ2n) is 4.24. The zero-order valence-corrected chi connectivity index (χ0v) is 11.5. The highest BCUT2D eigenvalue weighted by atomic mass is 35.5. The van der Waals surface area contributed by atoms with Crippen LogP contribution >= 0.6 is 11.6 Å². The number of anilines is 1. The number of aromatic nitrogens is 4. The van der Waals surface area contributed by atoms with Crippen molar-refractivity contribution in [3.8, 4) is 5.69 Å². The standard InChI is InChI=1S/C13H11ClFN5O/c14-13-18-11(16-5-6-21)8-7-17-20(12(8)19-13)10-4-2-1-3-9(10)15/h1-4,7,21H,5-6H2,(H,16,18,19). The Morgan fingerprint density at radius 2 is 2.10 bits per heavy atom. The number of para-hydroxylation sites is 1. The van der Waals surface area contributed by atoms with Gasteiger partial charge in [-0.15, -0.1) is 0 Å². The molecule has 0 aliphatic rings. The summed E-state index contributed by atoms with van der Waals surface area (Å²) in [5.41, 5.74) is 0.663. The molecule has 0 radical (unpaired) electrons. The summed E-state index contributed by atoms with van der Waals surface area (Å²) in [7, 11) is 0. The lowest BCUT2D eigenvalue weighted by Gasteiger charge is -2.07. The Bertz CT molecular complexity index is 791. The summed E-state index contributed by atoms with van der Waals surface area (Å²) < 4.78 is 15.3. The quantitative estimate of drug-likeness (QED) is 0.721. The molecule has 0 fully saturated rings. The summed E-state index contributed by atoms with van der Waals surface area (Å²) in [6.07, 6.45) is 1.53. The van der Waals surface area contributed by atoms with Crippen LogP contribution < -0.4 is 5.32 Å². The molecule has 6 nitrogen and oxygen atoms in total. The predicted molar refractivity (Wildman–Crippen MR) is 77.2 cm³/mol. The van der Waals surface area contributed by atoms with E-state index in [1.54, 1.807) is 18.2 Å². The van der Waals surface area contributed by atoms with E-state index in [0.29, 0.717) is 23.4 Å². The number of halogens is 2. The molecule has 2 heterocycles. The average molecular weight is 308 g/mol. The van der Waals surface area contributed by atoms with Crippen LogP contribution in [0.1, 0.15) is 0 Å². The number of nitrogens with one attached hydrogen (secondary N) is 1. The van der Waals surface area contributed by atoms with Gasteiger partial charge in [0, 0.05) is 6.54 Å². The first-order chi connectivity index (χ1) is 10.2. The molecular formula is C13H11ClFN5O. The molecule has 3 aromatic rings. The number of hydrogen-bond acceptors (Lipinski definition) is 5. The van der Waals surface area contributed by atoms with Crippen LogP contribution in [0.4, 0.5) is 10.2 Å². The van der Waals surface area contributed by atoms with Crippen LogP contribution in [0.15, 0.2) is 30.5 Å². The van der Waals surface area contributed by atoms with Crippen molar-refractivity contribution in [1.29, 1.82) is 0 Å². The van der Waals surface area contributed by atoms with Crippen molar-refractivity contribution in [2.75, 3.05) is 18.5 Å². The van der Waals surface area contributed by atoms with E-state index in [1.165, 1.54) is 16.9 Å². The molecule has 108 valence electrons. The van der Waals surface area contributed by atoms with Crippen LogP contribution in [0.2, 0.25) is 5.28 Å². The Balaban J connectivity index is 2.18. The average Bonchev–Trinajstić information content (AvgIpc) is 2.89. The van der Waals surface area contributed by atoms with Gasteiger partial charge in [-0.25, -0.2) is 9.07 Å². The number of benzene rings is 1. The Morgan fingerprint density at radius 3 is 2.86 bits per heavy atom. The van der Waals surface area contributed by atoms with Gasteiger partial charge in [0.05, 0.1) is 18.2 Å². The molecule has 0 atom stereocenters. The Hall–Kier alpha value is -2.25. The fraction of sp³-hybridized carbons (Fsp3) is 0.154. The molecule has 0 aliphatic carbocycles. The van der Waals surface area contributed by atoms with Crippen LogP contribution in [0.5, 0.6) is 0 Å². The number of hydrogen-bond donors (Lipinski definition) is 2. The predicted octanol–water partition coefficient (Wildman–Crippen LogP) is 2.01. The summed E-state index contributed by atoms with van der Waals surface area (Å²) in [5, 5.41) is 16.6. The van der Waals surface area contributed by atoms with E-state index in [1.807, 2.05) is 0 Å². The molecule has 8 heteroatoms. The van der Waals surface area contributed by atoms with Gasteiger partial charge in [-0.2, -0.15) is 15.1 Å². The fourth-order valence-electron chi connectivity index (χ4n) is 1.99.